The molecule has 6 nitrogen and oxygen atoms in total. The summed E-state index contributed by atoms with van der Waals surface area (Å²) in [6.07, 6.45) is -4.28. The van der Waals surface area contributed by atoms with Crippen molar-refractivity contribution in [3.8, 4) is 5.75 Å². The van der Waals surface area contributed by atoms with Gasteiger partial charge in [0.1, 0.15) is 18.0 Å². The van der Waals surface area contributed by atoms with Gasteiger partial charge in [-0.1, -0.05) is 12.1 Å². The molecule has 0 saturated carbocycles. The van der Waals surface area contributed by atoms with Gasteiger partial charge in [-0.3, -0.25) is 0 Å². The van der Waals surface area contributed by atoms with E-state index >= 15 is 0 Å². The van der Waals surface area contributed by atoms with Crippen molar-refractivity contribution in [2.24, 2.45) is 5.73 Å². The molecule has 2 atom stereocenters. The summed E-state index contributed by atoms with van der Waals surface area (Å²) < 4.78 is 46.1. The number of likely N-dealkylation sites (N-methyl/N-ethyl adjacent to an activating group) is 1. The van der Waals surface area contributed by atoms with Crippen LogP contribution in [-0.4, -0.2) is 41.3 Å². The topological polar surface area (TPSA) is 76.3 Å². The molecule has 0 amide bonds. The van der Waals surface area contributed by atoms with Crippen molar-refractivity contribution in [2.75, 3.05) is 25.5 Å². The number of ether oxygens (including phenoxy) is 1. The molecule has 1 aliphatic rings. The van der Waals surface area contributed by atoms with E-state index in [1.807, 2.05) is 25.1 Å². The zero-order valence-corrected chi connectivity index (χ0v) is 18.2. The Morgan fingerprint density at radius 1 is 1.16 bits per heavy atom. The van der Waals surface area contributed by atoms with Crippen LogP contribution in [0.2, 0.25) is 0 Å². The van der Waals surface area contributed by atoms with Crippen molar-refractivity contribution in [3.05, 3.63) is 58.8 Å². The molecule has 2 heterocycles. The molecule has 1 saturated heterocycles. The van der Waals surface area contributed by atoms with Gasteiger partial charge < -0.3 is 20.7 Å². The minimum absolute atomic E-state index is 0.0822. The van der Waals surface area contributed by atoms with Crippen molar-refractivity contribution in [2.45, 2.75) is 38.7 Å². The van der Waals surface area contributed by atoms with E-state index in [-0.39, 0.29) is 11.7 Å². The predicted octanol–water partition coefficient (Wildman–Crippen LogP) is 4.42. The summed E-state index contributed by atoms with van der Waals surface area (Å²) in [5.41, 5.74) is 6.73. The normalized spacial score (nSPS) is 18.2. The average Bonchev–Trinajstić information content (AvgIpc) is 3.14. The number of halogens is 3. The highest BCUT2D eigenvalue weighted by molar-refractivity contribution is 5.94. The summed E-state index contributed by atoms with van der Waals surface area (Å²) in [6, 6.07) is 9.68. The molecule has 170 valence electrons. The van der Waals surface area contributed by atoms with Crippen molar-refractivity contribution >= 4 is 16.6 Å². The zero-order valence-electron chi connectivity index (χ0n) is 18.2. The molecule has 0 radical (unpaired) electrons. The Hall–Kier alpha value is -2.91. The minimum Gasteiger partial charge on any atom is -0.489 e. The lowest BCUT2D eigenvalue weighted by Crippen LogP contribution is -2.23. The number of anilines is 1. The number of hydrogen-bond donors (Lipinski definition) is 2. The van der Waals surface area contributed by atoms with Crippen LogP contribution in [0.4, 0.5) is 19.0 Å². The molecule has 2 aromatic carbocycles. The predicted molar refractivity (Wildman–Crippen MR) is 118 cm³/mol. The van der Waals surface area contributed by atoms with Gasteiger partial charge in [-0.25, -0.2) is 0 Å². The van der Waals surface area contributed by atoms with Crippen molar-refractivity contribution in [3.63, 3.8) is 0 Å². The van der Waals surface area contributed by atoms with Gasteiger partial charge >= 0.3 is 6.18 Å². The molecule has 0 aliphatic carbocycles. The molecule has 4 rings (SSSR count). The summed E-state index contributed by atoms with van der Waals surface area (Å²) in [4.78, 5) is 2.21. The quantitative estimate of drug-likeness (QED) is 0.567. The van der Waals surface area contributed by atoms with Gasteiger partial charge in [-0.2, -0.15) is 18.3 Å². The largest absolute Gasteiger partial charge is 0.489 e. The Bertz CT molecular complexity index is 1130. The maximum absolute atomic E-state index is 13.3. The summed E-state index contributed by atoms with van der Waals surface area (Å²) in [5, 5.41) is 13.1. The number of nitrogens with two attached hydrogens (primary N) is 1. The fourth-order valence-corrected chi connectivity index (χ4v) is 4.15. The van der Waals surface area contributed by atoms with Crippen LogP contribution in [-0.2, 0) is 6.18 Å². The van der Waals surface area contributed by atoms with Gasteiger partial charge in [0.2, 0.25) is 0 Å². The maximum atomic E-state index is 13.3. The molecular formula is C23H26F3N5O. The SMILES string of the molecule is Cc1c([C@@H](N)Nc2nnc(C)c3ccc(O[C@H]4CCN(C)C4)cc23)cccc1C(F)(F)F. The average molecular weight is 445 g/mol. The number of aryl methyl sites for hydroxylation is 1. The van der Waals surface area contributed by atoms with E-state index in [1.165, 1.54) is 13.0 Å². The molecule has 1 aliphatic heterocycles. The number of hydrogen-bond acceptors (Lipinski definition) is 6. The van der Waals surface area contributed by atoms with Gasteiger partial charge in [0.05, 0.1) is 11.3 Å². The van der Waals surface area contributed by atoms with Gasteiger partial charge in [-0.15, -0.1) is 5.10 Å². The number of fused-ring (bicyclic) bond motifs is 1. The lowest BCUT2D eigenvalue weighted by atomic mass is 10.00. The molecule has 0 spiro atoms. The summed E-state index contributed by atoms with van der Waals surface area (Å²) in [5.74, 6) is 1.10. The van der Waals surface area contributed by atoms with Crippen molar-refractivity contribution < 1.29 is 17.9 Å². The summed E-state index contributed by atoms with van der Waals surface area (Å²) in [7, 11) is 2.06. The van der Waals surface area contributed by atoms with Gasteiger partial charge in [0.25, 0.3) is 0 Å². The number of nitrogens with one attached hydrogen (secondary N) is 1. The molecule has 9 heteroatoms. The molecule has 32 heavy (non-hydrogen) atoms. The molecule has 0 bridgehead atoms. The molecule has 1 aromatic heterocycles. The lowest BCUT2D eigenvalue weighted by Gasteiger charge is -2.21. The third kappa shape index (κ3) is 4.49. The second-order valence-corrected chi connectivity index (χ2v) is 8.27. The third-order valence-electron chi connectivity index (χ3n) is 5.90. The number of nitrogens with zero attached hydrogens (tertiary/aromatic N) is 3. The van der Waals surface area contributed by atoms with Crippen LogP contribution in [0.25, 0.3) is 10.8 Å². The molecule has 3 N–H and O–H groups in total. The van der Waals surface area contributed by atoms with Crippen molar-refractivity contribution in [1.82, 2.24) is 15.1 Å². The van der Waals surface area contributed by atoms with E-state index in [0.717, 1.165) is 42.0 Å². The molecular weight excluding hydrogens is 419 g/mol. The number of rotatable bonds is 5. The van der Waals surface area contributed by atoms with Gasteiger partial charge in [0.15, 0.2) is 5.82 Å². The Balaban J connectivity index is 1.65. The first-order chi connectivity index (χ1) is 15.1. The minimum atomic E-state index is -4.45. The highest BCUT2D eigenvalue weighted by Crippen LogP contribution is 2.35. The zero-order chi connectivity index (χ0) is 23.0. The van der Waals surface area contributed by atoms with Crippen LogP contribution < -0.4 is 15.8 Å². The number of benzene rings is 2. The van der Waals surface area contributed by atoms with E-state index < -0.39 is 17.9 Å². The number of likely N-dealkylation sites (tertiary alicyclic amines) is 1. The third-order valence-corrected chi connectivity index (χ3v) is 5.90. The Labute approximate surface area is 184 Å². The van der Waals surface area contributed by atoms with E-state index in [2.05, 4.69) is 27.5 Å². The number of alkyl halides is 3. The van der Waals surface area contributed by atoms with Crippen LogP contribution in [0.5, 0.6) is 5.75 Å². The maximum Gasteiger partial charge on any atom is 0.416 e. The molecule has 0 unspecified atom stereocenters. The first-order valence-corrected chi connectivity index (χ1v) is 10.4. The van der Waals surface area contributed by atoms with Crippen LogP contribution in [0, 0.1) is 13.8 Å². The highest BCUT2D eigenvalue weighted by Gasteiger charge is 2.33. The molecule has 3 aromatic rings. The van der Waals surface area contributed by atoms with E-state index in [9.17, 15) is 13.2 Å². The summed E-state index contributed by atoms with van der Waals surface area (Å²) >= 11 is 0. The van der Waals surface area contributed by atoms with Crippen LogP contribution in [0.1, 0.15) is 35.0 Å². The fourth-order valence-electron chi connectivity index (χ4n) is 4.15. The first-order valence-electron chi connectivity index (χ1n) is 10.4. The van der Waals surface area contributed by atoms with E-state index in [0.29, 0.717) is 17.1 Å². The Morgan fingerprint density at radius 2 is 1.94 bits per heavy atom. The Morgan fingerprint density at radius 3 is 2.62 bits per heavy atom. The summed E-state index contributed by atoms with van der Waals surface area (Å²) in [6.45, 7) is 5.11. The first kappa shape index (κ1) is 22.3. The standard InChI is InChI=1S/C23H26F3N5O/c1-13-17(5-4-6-20(13)23(24,25)26)21(27)28-22-19-11-15(32-16-9-10-31(3)12-16)7-8-18(19)14(2)29-30-22/h4-8,11,16,21H,9-10,12,27H2,1-3H3,(H,28,30)/t16-,21-/m0/s1. The molecule has 1 fully saturated rings. The number of aromatic nitrogens is 2. The second kappa shape index (κ2) is 8.55. The van der Waals surface area contributed by atoms with Gasteiger partial charge in [0, 0.05) is 23.9 Å². The lowest BCUT2D eigenvalue weighted by molar-refractivity contribution is -0.138. The van der Waals surface area contributed by atoms with Crippen LogP contribution >= 0.6 is 0 Å². The van der Waals surface area contributed by atoms with E-state index in [1.54, 1.807) is 6.07 Å². The van der Waals surface area contributed by atoms with E-state index in [4.69, 9.17) is 10.5 Å². The van der Waals surface area contributed by atoms with Crippen molar-refractivity contribution in [1.29, 1.82) is 0 Å². The fraction of sp³-hybridized carbons (Fsp3) is 0.391. The van der Waals surface area contributed by atoms with Crippen LogP contribution in [0.15, 0.2) is 36.4 Å². The smallest absolute Gasteiger partial charge is 0.416 e. The van der Waals surface area contributed by atoms with Gasteiger partial charge in [-0.05, 0) is 62.7 Å². The van der Waals surface area contributed by atoms with Crippen LogP contribution in [0.3, 0.4) is 0 Å². The monoisotopic (exact) mass is 445 g/mol. The second-order valence-electron chi connectivity index (χ2n) is 8.27. The Kier molecular flexibility index (Phi) is 5.96. The highest BCUT2D eigenvalue weighted by atomic mass is 19.4.